The van der Waals surface area contributed by atoms with Gasteiger partial charge in [0.25, 0.3) is 0 Å². The molecule has 0 aliphatic rings. The van der Waals surface area contributed by atoms with E-state index in [1.165, 1.54) is 6.20 Å². The van der Waals surface area contributed by atoms with Crippen molar-refractivity contribution in [3.63, 3.8) is 0 Å². The molecule has 0 unspecified atom stereocenters. The molecular weight excluding hydrogens is 235 g/mol. The van der Waals surface area contributed by atoms with Crippen LogP contribution in [0, 0.1) is 5.82 Å². The number of hydrogen-bond donors (Lipinski definition) is 1. The monoisotopic (exact) mass is 240 g/mol. The first-order chi connectivity index (χ1) is 6.20. The van der Waals surface area contributed by atoms with Crippen LogP contribution in [-0.2, 0) is 0 Å². The molecule has 0 aliphatic heterocycles. The van der Waals surface area contributed by atoms with E-state index in [2.05, 4.69) is 20.9 Å². The normalized spacial score (nSPS) is 10.6. The summed E-state index contributed by atoms with van der Waals surface area (Å²) in [6.45, 7) is 0. The van der Waals surface area contributed by atoms with Gasteiger partial charge >= 0.3 is 0 Å². The minimum absolute atomic E-state index is 0.299. The molecule has 0 aliphatic carbocycles. The summed E-state index contributed by atoms with van der Waals surface area (Å²) in [6.07, 6.45) is 1.49. The summed E-state index contributed by atoms with van der Waals surface area (Å²) < 4.78 is 13.9. The van der Waals surface area contributed by atoms with Gasteiger partial charge in [-0.05, 0) is 34.1 Å². The Morgan fingerprint density at radius 3 is 2.77 bits per heavy atom. The van der Waals surface area contributed by atoms with Crippen molar-refractivity contribution < 1.29 is 4.39 Å². The lowest BCUT2D eigenvalue weighted by Crippen LogP contribution is -1.92. The van der Waals surface area contributed by atoms with Crippen molar-refractivity contribution >= 4 is 32.5 Å². The smallest absolute Gasteiger partial charge is 0.145 e. The van der Waals surface area contributed by atoms with Crippen molar-refractivity contribution in [1.29, 1.82) is 0 Å². The zero-order chi connectivity index (χ0) is 9.42. The van der Waals surface area contributed by atoms with E-state index in [-0.39, 0.29) is 5.82 Å². The van der Waals surface area contributed by atoms with Crippen LogP contribution in [0.25, 0.3) is 10.8 Å². The zero-order valence-electron chi connectivity index (χ0n) is 6.59. The summed E-state index contributed by atoms with van der Waals surface area (Å²) in [6, 6.07) is 4.96. The molecule has 0 saturated heterocycles. The van der Waals surface area contributed by atoms with Crippen LogP contribution in [0.1, 0.15) is 0 Å². The third-order valence-electron chi connectivity index (χ3n) is 1.86. The Kier molecular flexibility index (Phi) is 1.92. The van der Waals surface area contributed by atoms with Crippen LogP contribution in [0.5, 0.6) is 0 Å². The summed E-state index contributed by atoms with van der Waals surface area (Å²) in [4.78, 5) is 3.87. The van der Waals surface area contributed by atoms with Gasteiger partial charge in [-0.1, -0.05) is 0 Å². The van der Waals surface area contributed by atoms with Crippen molar-refractivity contribution in [2.45, 2.75) is 0 Å². The second-order valence-electron chi connectivity index (χ2n) is 2.65. The van der Waals surface area contributed by atoms with E-state index in [1.807, 2.05) is 0 Å². The highest BCUT2D eigenvalue weighted by molar-refractivity contribution is 9.10. The zero-order valence-corrected chi connectivity index (χ0v) is 8.18. The van der Waals surface area contributed by atoms with Crippen LogP contribution in [0.4, 0.5) is 10.2 Å². The van der Waals surface area contributed by atoms with Gasteiger partial charge in [0.15, 0.2) is 0 Å². The van der Waals surface area contributed by atoms with Gasteiger partial charge in [-0.25, -0.2) is 9.37 Å². The maximum atomic E-state index is 13.4. The standard InChI is InChI=1S/C9H6BrFN2/c10-7-2-1-6-5(8(7)11)3-4-13-9(6)12/h1-4H,(H2,12,13). The number of fused-ring (bicyclic) bond motifs is 1. The van der Waals surface area contributed by atoms with Gasteiger partial charge in [-0.15, -0.1) is 0 Å². The molecule has 13 heavy (non-hydrogen) atoms. The number of halogens is 2. The number of nitrogens with zero attached hydrogens (tertiary/aromatic N) is 1. The molecule has 2 N–H and O–H groups in total. The second-order valence-corrected chi connectivity index (χ2v) is 3.51. The fourth-order valence-corrected chi connectivity index (χ4v) is 1.56. The van der Waals surface area contributed by atoms with Gasteiger partial charge in [-0.3, -0.25) is 0 Å². The van der Waals surface area contributed by atoms with Crippen molar-refractivity contribution in [1.82, 2.24) is 4.98 Å². The van der Waals surface area contributed by atoms with E-state index in [9.17, 15) is 4.39 Å². The molecule has 1 aromatic carbocycles. The maximum absolute atomic E-state index is 13.4. The van der Waals surface area contributed by atoms with Gasteiger partial charge in [0.2, 0.25) is 0 Å². The summed E-state index contributed by atoms with van der Waals surface area (Å²) in [7, 11) is 0. The molecule has 0 saturated carbocycles. The van der Waals surface area contributed by atoms with Gasteiger partial charge in [-0.2, -0.15) is 0 Å². The van der Waals surface area contributed by atoms with Crippen LogP contribution in [0.3, 0.4) is 0 Å². The number of pyridine rings is 1. The van der Waals surface area contributed by atoms with Crippen LogP contribution in [0.2, 0.25) is 0 Å². The van der Waals surface area contributed by atoms with Crippen molar-refractivity contribution in [2.24, 2.45) is 0 Å². The van der Waals surface area contributed by atoms with Crippen molar-refractivity contribution in [3.05, 3.63) is 34.7 Å². The average Bonchev–Trinajstić information content (AvgIpc) is 2.12. The highest BCUT2D eigenvalue weighted by Crippen LogP contribution is 2.26. The summed E-state index contributed by atoms with van der Waals surface area (Å²) in [5, 5.41) is 1.13. The Hall–Kier alpha value is -1.16. The number of rotatable bonds is 0. The van der Waals surface area contributed by atoms with Gasteiger partial charge < -0.3 is 5.73 Å². The lowest BCUT2D eigenvalue weighted by molar-refractivity contribution is 0.633. The fourth-order valence-electron chi connectivity index (χ4n) is 1.21. The average molecular weight is 241 g/mol. The minimum atomic E-state index is -0.299. The summed E-state index contributed by atoms with van der Waals surface area (Å²) in [5.41, 5.74) is 5.58. The molecule has 0 bridgehead atoms. The van der Waals surface area contributed by atoms with Crippen molar-refractivity contribution in [2.75, 3.05) is 5.73 Å². The first-order valence-electron chi connectivity index (χ1n) is 3.68. The molecular formula is C9H6BrFN2. The molecule has 66 valence electrons. The molecule has 2 rings (SSSR count). The third kappa shape index (κ3) is 1.27. The van der Waals surface area contributed by atoms with Gasteiger partial charge in [0.1, 0.15) is 11.6 Å². The predicted octanol–water partition coefficient (Wildman–Crippen LogP) is 2.72. The largest absolute Gasteiger partial charge is 0.383 e. The molecule has 2 nitrogen and oxygen atoms in total. The number of nitrogens with two attached hydrogens (primary N) is 1. The van der Waals surface area contributed by atoms with Crippen LogP contribution in [-0.4, -0.2) is 4.98 Å². The topological polar surface area (TPSA) is 38.9 Å². The van der Waals surface area contributed by atoms with Crippen molar-refractivity contribution in [3.8, 4) is 0 Å². The minimum Gasteiger partial charge on any atom is -0.383 e. The van der Waals surface area contributed by atoms with Gasteiger partial charge in [0.05, 0.1) is 4.47 Å². The number of hydrogen-bond acceptors (Lipinski definition) is 2. The molecule has 0 amide bonds. The SMILES string of the molecule is Nc1nccc2c(F)c(Br)ccc12. The first-order valence-corrected chi connectivity index (χ1v) is 4.47. The quantitative estimate of drug-likeness (QED) is 0.770. The number of aromatic nitrogens is 1. The molecule has 1 aromatic heterocycles. The molecule has 1 heterocycles. The number of nitrogen functional groups attached to an aromatic ring is 1. The van der Waals surface area contributed by atoms with E-state index in [0.717, 1.165) is 0 Å². The molecule has 0 atom stereocenters. The van der Waals surface area contributed by atoms with E-state index in [1.54, 1.807) is 18.2 Å². The molecule has 2 aromatic rings. The maximum Gasteiger partial charge on any atom is 0.145 e. The molecule has 0 spiro atoms. The van der Waals surface area contributed by atoms with E-state index >= 15 is 0 Å². The Labute approximate surface area is 82.7 Å². The van der Waals surface area contributed by atoms with E-state index in [4.69, 9.17) is 5.73 Å². The third-order valence-corrected chi connectivity index (χ3v) is 2.48. The van der Waals surface area contributed by atoms with E-state index < -0.39 is 0 Å². The van der Waals surface area contributed by atoms with E-state index in [0.29, 0.717) is 21.1 Å². The first kappa shape index (κ1) is 8.44. The lowest BCUT2D eigenvalue weighted by Gasteiger charge is -2.02. The Morgan fingerprint density at radius 1 is 1.23 bits per heavy atom. The summed E-state index contributed by atoms with van der Waals surface area (Å²) in [5.74, 6) is 0.0514. The Balaban J connectivity index is 2.94. The highest BCUT2D eigenvalue weighted by Gasteiger charge is 2.06. The molecule has 4 heteroatoms. The number of benzene rings is 1. The van der Waals surface area contributed by atoms with Crippen LogP contribution < -0.4 is 5.73 Å². The predicted molar refractivity (Wildman–Crippen MR) is 53.8 cm³/mol. The molecule has 0 radical (unpaired) electrons. The second kappa shape index (κ2) is 2.96. The van der Waals surface area contributed by atoms with Gasteiger partial charge in [0, 0.05) is 17.0 Å². The number of anilines is 1. The highest BCUT2D eigenvalue weighted by atomic mass is 79.9. The van der Waals surface area contributed by atoms with Crippen LogP contribution in [0.15, 0.2) is 28.9 Å². The Bertz CT molecular complexity index is 470. The molecule has 0 fully saturated rings. The summed E-state index contributed by atoms with van der Waals surface area (Å²) >= 11 is 3.10. The fraction of sp³-hybridized carbons (Fsp3) is 0. The van der Waals surface area contributed by atoms with Crippen LogP contribution >= 0.6 is 15.9 Å². The Morgan fingerprint density at radius 2 is 2.00 bits per heavy atom. The lowest BCUT2D eigenvalue weighted by atomic mass is 10.1.